The van der Waals surface area contributed by atoms with E-state index in [0.717, 1.165) is 13.0 Å². The summed E-state index contributed by atoms with van der Waals surface area (Å²) >= 11 is 0. The minimum atomic E-state index is 0.0473. The van der Waals surface area contributed by atoms with Gasteiger partial charge in [0, 0.05) is 25.8 Å². The van der Waals surface area contributed by atoms with Gasteiger partial charge in [0.25, 0.3) is 0 Å². The number of benzene rings is 1. The molecule has 1 unspecified atom stereocenters. The molecule has 1 fully saturated rings. The van der Waals surface area contributed by atoms with E-state index >= 15 is 0 Å². The Balaban J connectivity index is 1.96. The number of hydrogen-bond donors (Lipinski definition) is 1. The molecule has 1 aromatic rings. The zero-order chi connectivity index (χ0) is 12.3. The lowest BCUT2D eigenvalue weighted by atomic mass is 10.1. The first-order valence-electron chi connectivity index (χ1n) is 5.78. The van der Waals surface area contributed by atoms with E-state index < -0.39 is 0 Å². The van der Waals surface area contributed by atoms with Gasteiger partial charge in [-0.15, -0.1) is 0 Å². The lowest BCUT2D eigenvalue weighted by Crippen LogP contribution is -2.31. The lowest BCUT2D eigenvalue weighted by Gasteiger charge is -2.16. The Kier molecular flexibility index (Phi) is 3.64. The molecule has 4 nitrogen and oxygen atoms in total. The maximum atomic E-state index is 12.0. The van der Waals surface area contributed by atoms with Gasteiger partial charge in [-0.05, 0) is 12.5 Å². The molecule has 17 heavy (non-hydrogen) atoms. The quantitative estimate of drug-likeness (QED) is 0.856. The van der Waals surface area contributed by atoms with E-state index in [1.165, 1.54) is 0 Å². The lowest BCUT2D eigenvalue weighted by molar-refractivity contribution is -0.129. The monoisotopic (exact) mass is 235 g/mol. The Labute approximate surface area is 101 Å². The summed E-state index contributed by atoms with van der Waals surface area (Å²) in [4.78, 5) is 13.8. The average molecular weight is 235 g/mol. The van der Waals surface area contributed by atoms with Gasteiger partial charge in [0.15, 0.2) is 0 Å². The molecule has 4 heteroatoms. The first-order chi connectivity index (χ1) is 8.20. The van der Waals surface area contributed by atoms with E-state index in [2.05, 4.69) is 0 Å². The van der Waals surface area contributed by atoms with Crippen molar-refractivity contribution in [3.05, 3.63) is 29.8 Å². The molecule has 1 atom stereocenters. The van der Waals surface area contributed by atoms with Crippen LogP contribution in [0.4, 0.5) is 0 Å². The molecule has 0 bridgehead atoms. The highest BCUT2D eigenvalue weighted by Gasteiger charge is 2.26. The molecule has 1 saturated heterocycles. The number of aromatic hydroxyl groups is 1. The largest absolute Gasteiger partial charge is 0.508 e. The van der Waals surface area contributed by atoms with Gasteiger partial charge in [0.05, 0.1) is 12.5 Å². The van der Waals surface area contributed by atoms with Crippen LogP contribution in [0.3, 0.4) is 0 Å². The molecular weight excluding hydrogens is 218 g/mol. The number of likely N-dealkylation sites (tertiary alicyclic amines) is 1. The predicted molar refractivity (Wildman–Crippen MR) is 63.8 cm³/mol. The second kappa shape index (κ2) is 5.19. The molecule has 1 aliphatic heterocycles. The SMILES string of the molecule is COC1CCN(C(=O)Cc2ccccc2O)C1. The molecule has 1 N–H and O–H groups in total. The van der Waals surface area contributed by atoms with Crippen LogP contribution in [0.1, 0.15) is 12.0 Å². The van der Waals surface area contributed by atoms with Crippen molar-refractivity contribution in [1.29, 1.82) is 0 Å². The predicted octanol–water partition coefficient (Wildman–Crippen LogP) is 1.18. The molecular formula is C13H17NO3. The Hall–Kier alpha value is -1.55. The van der Waals surface area contributed by atoms with E-state index in [0.29, 0.717) is 12.1 Å². The summed E-state index contributed by atoms with van der Waals surface area (Å²) in [5.74, 6) is 0.231. The van der Waals surface area contributed by atoms with Crippen molar-refractivity contribution < 1.29 is 14.6 Å². The Morgan fingerprint density at radius 1 is 1.53 bits per heavy atom. The molecule has 1 aromatic carbocycles. The number of amides is 1. The highest BCUT2D eigenvalue weighted by atomic mass is 16.5. The minimum absolute atomic E-state index is 0.0473. The van der Waals surface area contributed by atoms with Crippen LogP contribution in [0.5, 0.6) is 5.75 Å². The summed E-state index contributed by atoms with van der Waals surface area (Å²) in [5, 5.41) is 9.60. The third kappa shape index (κ3) is 2.77. The second-order valence-electron chi connectivity index (χ2n) is 4.29. The molecule has 1 aliphatic rings. The molecule has 0 radical (unpaired) electrons. The summed E-state index contributed by atoms with van der Waals surface area (Å²) in [6.07, 6.45) is 1.30. The van der Waals surface area contributed by atoms with E-state index in [-0.39, 0.29) is 24.2 Å². The molecule has 0 aromatic heterocycles. The summed E-state index contributed by atoms with van der Waals surface area (Å²) in [6, 6.07) is 6.95. The number of phenolic OH excluding ortho intramolecular Hbond substituents is 1. The van der Waals surface area contributed by atoms with E-state index in [4.69, 9.17) is 4.74 Å². The van der Waals surface area contributed by atoms with Gasteiger partial charge < -0.3 is 14.7 Å². The second-order valence-corrected chi connectivity index (χ2v) is 4.29. The number of phenols is 1. The summed E-state index contributed by atoms with van der Waals surface area (Å²) in [6.45, 7) is 1.40. The Bertz CT molecular complexity index is 405. The standard InChI is InChI=1S/C13H17NO3/c1-17-11-6-7-14(9-11)13(16)8-10-4-2-3-5-12(10)15/h2-5,11,15H,6-9H2,1H3. The molecule has 2 rings (SSSR count). The van der Waals surface area contributed by atoms with Crippen LogP contribution >= 0.6 is 0 Å². The van der Waals surface area contributed by atoms with Crippen molar-refractivity contribution in [2.75, 3.05) is 20.2 Å². The number of carbonyl (C=O) groups is 1. The van der Waals surface area contributed by atoms with Crippen molar-refractivity contribution in [3.8, 4) is 5.75 Å². The maximum Gasteiger partial charge on any atom is 0.227 e. The zero-order valence-electron chi connectivity index (χ0n) is 9.93. The van der Waals surface area contributed by atoms with Gasteiger partial charge in [0.2, 0.25) is 5.91 Å². The number of para-hydroxylation sites is 1. The number of hydrogen-bond acceptors (Lipinski definition) is 3. The van der Waals surface area contributed by atoms with Crippen LogP contribution in [0.25, 0.3) is 0 Å². The minimum Gasteiger partial charge on any atom is -0.508 e. The molecule has 0 aliphatic carbocycles. The van der Waals surface area contributed by atoms with Crippen LogP contribution in [0.15, 0.2) is 24.3 Å². The average Bonchev–Trinajstić information content (AvgIpc) is 2.81. The number of rotatable bonds is 3. The van der Waals surface area contributed by atoms with Gasteiger partial charge in [-0.1, -0.05) is 18.2 Å². The van der Waals surface area contributed by atoms with E-state index in [1.807, 2.05) is 6.07 Å². The van der Waals surface area contributed by atoms with Gasteiger partial charge in [0.1, 0.15) is 5.75 Å². The Morgan fingerprint density at radius 3 is 2.94 bits per heavy atom. The summed E-state index contributed by atoms with van der Waals surface area (Å²) < 4.78 is 5.22. The Morgan fingerprint density at radius 2 is 2.29 bits per heavy atom. The van der Waals surface area contributed by atoms with Crippen LogP contribution in [0, 0.1) is 0 Å². The summed E-state index contributed by atoms with van der Waals surface area (Å²) in [5.41, 5.74) is 0.679. The van der Waals surface area contributed by atoms with Crippen molar-refractivity contribution in [2.45, 2.75) is 18.9 Å². The molecule has 92 valence electrons. The molecule has 0 spiro atoms. The first kappa shape index (κ1) is 11.9. The van der Waals surface area contributed by atoms with Gasteiger partial charge >= 0.3 is 0 Å². The topological polar surface area (TPSA) is 49.8 Å². The highest BCUT2D eigenvalue weighted by molar-refractivity contribution is 5.79. The molecule has 1 amide bonds. The fourth-order valence-electron chi connectivity index (χ4n) is 2.08. The van der Waals surface area contributed by atoms with Crippen molar-refractivity contribution >= 4 is 5.91 Å². The normalized spacial score (nSPS) is 19.6. The van der Waals surface area contributed by atoms with Crippen LogP contribution < -0.4 is 0 Å². The van der Waals surface area contributed by atoms with E-state index in [1.54, 1.807) is 30.2 Å². The van der Waals surface area contributed by atoms with Crippen LogP contribution in [-0.4, -0.2) is 42.2 Å². The number of methoxy groups -OCH3 is 1. The molecule has 1 heterocycles. The van der Waals surface area contributed by atoms with Crippen molar-refractivity contribution in [3.63, 3.8) is 0 Å². The third-order valence-electron chi connectivity index (χ3n) is 3.16. The van der Waals surface area contributed by atoms with Crippen molar-refractivity contribution in [2.24, 2.45) is 0 Å². The van der Waals surface area contributed by atoms with Crippen LogP contribution in [0.2, 0.25) is 0 Å². The van der Waals surface area contributed by atoms with Gasteiger partial charge in [-0.2, -0.15) is 0 Å². The fraction of sp³-hybridized carbons (Fsp3) is 0.462. The highest BCUT2D eigenvalue weighted by Crippen LogP contribution is 2.19. The zero-order valence-corrected chi connectivity index (χ0v) is 9.93. The van der Waals surface area contributed by atoms with Crippen LogP contribution in [-0.2, 0) is 16.0 Å². The van der Waals surface area contributed by atoms with Gasteiger partial charge in [-0.3, -0.25) is 4.79 Å². The number of carbonyl (C=O) groups excluding carboxylic acids is 1. The van der Waals surface area contributed by atoms with Gasteiger partial charge in [-0.25, -0.2) is 0 Å². The smallest absolute Gasteiger partial charge is 0.227 e. The maximum absolute atomic E-state index is 12.0. The first-order valence-corrected chi connectivity index (χ1v) is 5.78. The number of nitrogens with zero attached hydrogens (tertiary/aromatic N) is 1. The van der Waals surface area contributed by atoms with Crippen molar-refractivity contribution in [1.82, 2.24) is 4.90 Å². The number of ether oxygens (including phenoxy) is 1. The van der Waals surface area contributed by atoms with E-state index in [9.17, 15) is 9.90 Å². The molecule has 0 saturated carbocycles. The fourth-order valence-corrected chi connectivity index (χ4v) is 2.08. The third-order valence-corrected chi connectivity index (χ3v) is 3.16. The summed E-state index contributed by atoms with van der Waals surface area (Å²) in [7, 11) is 1.67.